The van der Waals surface area contributed by atoms with Crippen LogP contribution in [0, 0.1) is 0 Å². The molecule has 0 fully saturated rings. The molecule has 0 N–H and O–H groups in total. The lowest BCUT2D eigenvalue weighted by molar-refractivity contribution is 0.0742. The average molecular weight is 304 g/mol. The predicted octanol–water partition coefficient (Wildman–Crippen LogP) is 3.29. The monoisotopic (exact) mass is 303 g/mol. The number of amides is 1. The lowest BCUT2D eigenvalue weighted by atomic mass is 10.2. The molecule has 0 saturated carbocycles. The van der Waals surface area contributed by atoms with Crippen LogP contribution in [0.15, 0.2) is 48.7 Å². The van der Waals surface area contributed by atoms with Gasteiger partial charge in [0.2, 0.25) is 0 Å². The van der Waals surface area contributed by atoms with Crippen molar-refractivity contribution < 1.29 is 4.79 Å². The SMILES string of the molecule is C=C(C)CN(Cc1ccccc1)C(=O)c1ncc(Cl)n1C. The van der Waals surface area contributed by atoms with Crippen molar-refractivity contribution in [2.75, 3.05) is 6.54 Å². The highest BCUT2D eigenvalue weighted by atomic mass is 35.5. The zero-order valence-electron chi connectivity index (χ0n) is 12.2. The first-order valence-electron chi connectivity index (χ1n) is 6.64. The van der Waals surface area contributed by atoms with E-state index < -0.39 is 0 Å². The summed E-state index contributed by atoms with van der Waals surface area (Å²) in [5, 5.41) is 0.438. The lowest BCUT2D eigenvalue weighted by Gasteiger charge is -2.22. The number of hydrogen-bond donors (Lipinski definition) is 0. The number of carbonyl (C=O) groups excluding carboxylic acids is 1. The summed E-state index contributed by atoms with van der Waals surface area (Å²) in [6.45, 7) is 6.79. The molecule has 0 spiro atoms. The Morgan fingerprint density at radius 1 is 1.38 bits per heavy atom. The van der Waals surface area contributed by atoms with Gasteiger partial charge in [0, 0.05) is 20.1 Å². The minimum absolute atomic E-state index is 0.156. The first-order chi connectivity index (χ1) is 9.99. The van der Waals surface area contributed by atoms with E-state index in [1.807, 2.05) is 37.3 Å². The number of aromatic nitrogens is 2. The fourth-order valence-electron chi connectivity index (χ4n) is 2.06. The quantitative estimate of drug-likeness (QED) is 0.795. The number of rotatable bonds is 5. The van der Waals surface area contributed by atoms with Crippen molar-refractivity contribution in [3.8, 4) is 0 Å². The lowest BCUT2D eigenvalue weighted by Crippen LogP contribution is -2.33. The van der Waals surface area contributed by atoms with Crippen LogP contribution in [-0.4, -0.2) is 26.9 Å². The van der Waals surface area contributed by atoms with E-state index in [1.165, 1.54) is 6.20 Å². The third-order valence-corrected chi connectivity index (χ3v) is 3.44. The standard InChI is InChI=1S/C16H18ClN3O/c1-12(2)10-20(11-13-7-5-4-6-8-13)16(21)15-18-9-14(17)19(15)3/h4-9H,1,10-11H2,2-3H3. The van der Waals surface area contributed by atoms with Crippen LogP contribution in [0.3, 0.4) is 0 Å². The molecule has 1 aromatic heterocycles. The Kier molecular flexibility index (Phi) is 4.81. The normalized spacial score (nSPS) is 10.4. The van der Waals surface area contributed by atoms with Gasteiger partial charge in [0.25, 0.3) is 5.91 Å². The molecule has 0 saturated heterocycles. The van der Waals surface area contributed by atoms with Crippen LogP contribution in [0.25, 0.3) is 0 Å². The van der Waals surface area contributed by atoms with Crippen molar-refractivity contribution >= 4 is 17.5 Å². The van der Waals surface area contributed by atoms with E-state index in [-0.39, 0.29) is 5.91 Å². The molecule has 2 rings (SSSR count). The summed E-state index contributed by atoms with van der Waals surface area (Å²) < 4.78 is 1.58. The van der Waals surface area contributed by atoms with E-state index in [0.717, 1.165) is 11.1 Å². The molecule has 0 unspecified atom stereocenters. The highest BCUT2D eigenvalue weighted by Crippen LogP contribution is 2.14. The minimum Gasteiger partial charge on any atom is -0.328 e. The second-order valence-corrected chi connectivity index (χ2v) is 5.45. The van der Waals surface area contributed by atoms with Crippen LogP contribution in [0.1, 0.15) is 23.1 Å². The van der Waals surface area contributed by atoms with Gasteiger partial charge in [-0.3, -0.25) is 4.79 Å². The molecule has 0 bridgehead atoms. The number of halogens is 1. The summed E-state index contributed by atoms with van der Waals surface area (Å²) in [6.07, 6.45) is 1.48. The van der Waals surface area contributed by atoms with E-state index >= 15 is 0 Å². The van der Waals surface area contributed by atoms with Crippen LogP contribution in [0.2, 0.25) is 5.15 Å². The molecule has 0 aliphatic heterocycles. The van der Waals surface area contributed by atoms with Gasteiger partial charge in [-0.1, -0.05) is 54.1 Å². The Morgan fingerprint density at radius 2 is 2.05 bits per heavy atom. The first-order valence-corrected chi connectivity index (χ1v) is 7.01. The van der Waals surface area contributed by atoms with Crippen molar-refractivity contribution in [3.63, 3.8) is 0 Å². The van der Waals surface area contributed by atoms with E-state index in [0.29, 0.717) is 24.1 Å². The average Bonchev–Trinajstić information content (AvgIpc) is 2.78. The van der Waals surface area contributed by atoms with Gasteiger partial charge in [0.1, 0.15) is 5.15 Å². The predicted molar refractivity (Wildman–Crippen MR) is 84.2 cm³/mol. The van der Waals surface area contributed by atoms with Crippen LogP contribution >= 0.6 is 11.6 Å². The second-order valence-electron chi connectivity index (χ2n) is 5.07. The zero-order valence-corrected chi connectivity index (χ0v) is 13.0. The minimum atomic E-state index is -0.156. The van der Waals surface area contributed by atoms with Gasteiger partial charge in [-0.2, -0.15) is 0 Å². The van der Waals surface area contributed by atoms with Crippen molar-refractivity contribution in [2.24, 2.45) is 7.05 Å². The van der Waals surface area contributed by atoms with Crippen LogP contribution in [-0.2, 0) is 13.6 Å². The molecular formula is C16H18ClN3O. The van der Waals surface area contributed by atoms with Gasteiger partial charge in [0.15, 0.2) is 5.82 Å². The highest BCUT2D eigenvalue weighted by molar-refractivity contribution is 6.29. The molecule has 0 radical (unpaired) electrons. The molecule has 0 aliphatic carbocycles. The van der Waals surface area contributed by atoms with Gasteiger partial charge in [-0.15, -0.1) is 0 Å². The van der Waals surface area contributed by atoms with E-state index in [1.54, 1.807) is 16.5 Å². The first kappa shape index (κ1) is 15.3. The molecule has 0 atom stereocenters. The Morgan fingerprint density at radius 3 is 2.57 bits per heavy atom. The van der Waals surface area contributed by atoms with Crippen molar-refractivity contribution in [2.45, 2.75) is 13.5 Å². The Balaban J connectivity index is 2.25. The third kappa shape index (κ3) is 3.73. The molecule has 0 aliphatic rings. The summed E-state index contributed by atoms with van der Waals surface area (Å²) in [7, 11) is 1.73. The smallest absolute Gasteiger partial charge is 0.290 e. The maximum Gasteiger partial charge on any atom is 0.290 e. The van der Waals surface area contributed by atoms with E-state index in [9.17, 15) is 4.79 Å². The van der Waals surface area contributed by atoms with Gasteiger partial charge >= 0.3 is 0 Å². The molecule has 1 heterocycles. The maximum atomic E-state index is 12.7. The molecular weight excluding hydrogens is 286 g/mol. The van der Waals surface area contributed by atoms with Crippen molar-refractivity contribution in [3.05, 3.63) is 65.2 Å². The molecule has 2 aromatic rings. The number of carbonyl (C=O) groups is 1. The van der Waals surface area contributed by atoms with E-state index in [4.69, 9.17) is 11.6 Å². The van der Waals surface area contributed by atoms with Crippen LogP contribution in [0.4, 0.5) is 0 Å². The molecule has 5 heteroatoms. The molecule has 21 heavy (non-hydrogen) atoms. The van der Waals surface area contributed by atoms with Crippen LogP contribution < -0.4 is 0 Å². The van der Waals surface area contributed by atoms with E-state index in [2.05, 4.69) is 11.6 Å². The van der Waals surface area contributed by atoms with Gasteiger partial charge in [-0.25, -0.2) is 4.98 Å². The zero-order chi connectivity index (χ0) is 15.4. The van der Waals surface area contributed by atoms with Gasteiger partial charge in [-0.05, 0) is 12.5 Å². The van der Waals surface area contributed by atoms with Crippen molar-refractivity contribution in [1.82, 2.24) is 14.5 Å². The summed E-state index contributed by atoms with van der Waals surface area (Å²) in [5.41, 5.74) is 1.98. The number of imidazole rings is 1. The summed E-state index contributed by atoms with van der Waals surface area (Å²) >= 11 is 5.96. The number of hydrogen-bond acceptors (Lipinski definition) is 2. The summed E-state index contributed by atoms with van der Waals surface area (Å²) in [4.78, 5) is 18.5. The Bertz CT molecular complexity index is 649. The summed E-state index contributed by atoms with van der Waals surface area (Å²) in [5.74, 6) is 0.174. The molecule has 1 aromatic carbocycles. The molecule has 4 nitrogen and oxygen atoms in total. The van der Waals surface area contributed by atoms with Gasteiger partial charge in [0.05, 0.1) is 6.20 Å². The van der Waals surface area contributed by atoms with Crippen LogP contribution in [0.5, 0.6) is 0 Å². The second kappa shape index (κ2) is 6.59. The molecule has 1 amide bonds. The summed E-state index contributed by atoms with van der Waals surface area (Å²) in [6, 6.07) is 9.84. The largest absolute Gasteiger partial charge is 0.328 e. The molecule has 110 valence electrons. The fraction of sp³-hybridized carbons (Fsp3) is 0.250. The number of benzene rings is 1. The van der Waals surface area contributed by atoms with Gasteiger partial charge < -0.3 is 9.47 Å². The third-order valence-electron chi connectivity index (χ3n) is 3.09. The number of nitrogens with zero attached hydrogens (tertiary/aromatic N) is 3. The highest BCUT2D eigenvalue weighted by Gasteiger charge is 2.21. The topological polar surface area (TPSA) is 38.1 Å². The Labute approximate surface area is 129 Å². The Hall–Kier alpha value is -2.07. The fourth-order valence-corrected chi connectivity index (χ4v) is 2.19. The maximum absolute atomic E-state index is 12.7. The van der Waals surface area contributed by atoms with Crippen molar-refractivity contribution in [1.29, 1.82) is 0 Å².